The molecule has 0 saturated carbocycles. The lowest BCUT2D eigenvalue weighted by Crippen LogP contribution is -2.43. The first-order chi connectivity index (χ1) is 27.2. The molecule has 2 unspecified atom stereocenters. The van der Waals surface area contributed by atoms with Crippen molar-refractivity contribution in [3.05, 3.63) is 94.0 Å². The molecular weight excluding hydrogens is 711 g/mol. The number of hydrogen-bond donors (Lipinski definition) is 2. The maximum absolute atomic E-state index is 11.3. The number of aliphatic hydroxyl groups is 2. The standard InChI is InChI=1S/C45H55N3O8/c1-46-17-14-30-22-39(52-4)41-24-35(30)36(46)19-28-8-11-34(12-9-28)55-40-21-29(10-13-38(40)51-3)20-37-43-31(15-18-47(37)2)23-42(53-5)44(45(43)56-41)54-27-33(50)26-48-16-6-7-32(49)25-48/h8-13,21-24,32-33,36-37,49-50H,6-7,14-20,25-27H2,1-5H3/t32?,33?,36-,37-/m0/s1. The molecule has 4 aromatic rings. The van der Waals surface area contributed by atoms with Gasteiger partial charge in [0.2, 0.25) is 5.75 Å². The van der Waals surface area contributed by atoms with E-state index in [1.165, 1.54) is 16.7 Å². The summed E-state index contributed by atoms with van der Waals surface area (Å²) in [6.07, 6.45) is 3.64. The molecule has 0 amide bonds. The maximum atomic E-state index is 11.3. The average Bonchev–Trinajstić information content (AvgIpc) is 3.19. The average molecular weight is 766 g/mol. The second-order valence-corrected chi connectivity index (χ2v) is 15.8. The van der Waals surface area contributed by atoms with E-state index in [1.807, 2.05) is 18.2 Å². The van der Waals surface area contributed by atoms with Crippen molar-refractivity contribution in [1.29, 1.82) is 0 Å². The Morgan fingerprint density at radius 2 is 1.43 bits per heavy atom. The van der Waals surface area contributed by atoms with Gasteiger partial charge in [-0.1, -0.05) is 18.2 Å². The first-order valence-corrected chi connectivity index (χ1v) is 19.9. The molecule has 0 aromatic heterocycles. The molecule has 1 fully saturated rings. The highest BCUT2D eigenvalue weighted by atomic mass is 16.6. The number of β-amino-alcohol motifs (C(OH)–C–C–N with tert-alkyl or cyclic N) is 2. The summed E-state index contributed by atoms with van der Waals surface area (Å²) in [5.41, 5.74) is 6.83. The van der Waals surface area contributed by atoms with Gasteiger partial charge in [0.25, 0.3) is 0 Å². The Bertz CT molecular complexity index is 2020. The lowest BCUT2D eigenvalue weighted by Gasteiger charge is -2.37. The van der Waals surface area contributed by atoms with Crippen LogP contribution < -0.4 is 28.4 Å². The Labute approximate surface area is 330 Å². The molecule has 56 heavy (non-hydrogen) atoms. The van der Waals surface area contributed by atoms with Gasteiger partial charge in [0.05, 0.1) is 27.4 Å². The smallest absolute Gasteiger partial charge is 0.204 e. The molecule has 9 rings (SSSR count). The Kier molecular flexibility index (Phi) is 11.3. The number of nitrogens with zero attached hydrogens (tertiary/aromatic N) is 3. The van der Waals surface area contributed by atoms with Gasteiger partial charge >= 0.3 is 0 Å². The Morgan fingerprint density at radius 1 is 0.750 bits per heavy atom. The highest BCUT2D eigenvalue weighted by molar-refractivity contribution is 5.64. The minimum absolute atomic E-state index is 0.0183. The third kappa shape index (κ3) is 7.88. The molecule has 11 heteroatoms. The molecule has 5 heterocycles. The minimum atomic E-state index is -0.799. The normalized spacial score (nSPS) is 21.8. The van der Waals surface area contributed by atoms with E-state index in [4.69, 9.17) is 28.4 Å². The third-order valence-electron chi connectivity index (χ3n) is 12.0. The van der Waals surface area contributed by atoms with Crippen LogP contribution in [0.15, 0.2) is 60.7 Å². The van der Waals surface area contributed by atoms with Crippen LogP contribution in [0.3, 0.4) is 0 Å². The van der Waals surface area contributed by atoms with Gasteiger partial charge in [0, 0.05) is 43.8 Å². The van der Waals surface area contributed by atoms with E-state index in [0.29, 0.717) is 59.8 Å². The number of hydrogen-bond acceptors (Lipinski definition) is 11. The molecule has 2 N–H and O–H groups in total. The van der Waals surface area contributed by atoms with Crippen molar-refractivity contribution < 1.29 is 38.6 Å². The van der Waals surface area contributed by atoms with Gasteiger partial charge < -0.3 is 38.6 Å². The quantitative estimate of drug-likeness (QED) is 0.210. The Hall–Kier alpha value is -4.52. The molecule has 1 saturated heterocycles. The summed E-state index contributed by atoms with van der Waals surface area (Å²) < 4.78 is 38.2. The van der Waals surface area contributed by atoms with Crippen LogP contribution in [0.25, 0.3) is 0 Å². The Balaban J connectivity index is 1.28. The van der Waals surface area contributed by atoms with Gasteiger partial charge in [0.15, 0.2) is 34.5 Å². The summed E-state index contributed by atoms with van der Waals surface area (Å²) in [6, 6.07) is 20.8. The molecule has 5 aliphatic rings. The number of benzene rings is 4. The molecule has 4 aromatic carbocycles. The fourth-order valence-electron chi connectivity index (χ4n) is 8.95. The van der Waals surface area contributed by atoms with Crippen LogP contribution >= 0.6 is 0 Å². The highest BCUT2D eigenvalue weighted by Crippen LogP contribution is 2.52. The van der Waals surface area contributed by atoms with Gasteiger partial charge in [-0.25, -0.2) is 0 Å². The molecular formula is C45H55N3O8. The molecule has 5 aliphatic heterocycles. The van der Waals surface area contributed by atoms with Gasteiger partial charge in [-0.15, -0.1) is 0 Å². The number of rotatable bonds is 8. The Morgan fingerprint density at radius 3 is 2.18 bits per heavy atom. The van der Waals surface area contributed by atoms with Crippen LogP contribution in [0.2, 0.25) is 0 Å². The van der Waals surface area contributed by atoms with Crippen molar-refractivity contribution >= 4 is 0 Å². The molecule has 298 valence electrons. The van der Waals surface area contributed by atoms with Crippen LogP contribution in [0.1, 0.15) is 58.3 Å². The SMILES string of the molecule is COc1ccc2cc1Oc1ccc(cc1)C[C@H]1c3cc(c(OC)cc3CCN1C)Oc1c(OCC(O)CN3CCCC(O)C3)c(OC)cc3c1[C@H](C2)N(C)CC3. The van der Waals surface area contributed by atoms with Gasteiger partial charge in [-0.3, -0.25) is 14.7 Å². The zero-order valence-electron chi connectivity index (χ0n) is 33.3. The summed E-state index contributed by atoms with van der Waals surface area (Å²) in [6.45, 7) is 3.54. The minimum Gasteiger partial charge on any atom is -0.493 e. The summed E-state index contributed by atoms with van der Waals surface area (Å²) in [4.78, 5) is 6.87. The third-order valence-corrected chi connectivity index (χ3v) is 12.0. The van der Waals surface area contributed by atoms with Crippen LogP contribution in [0.5, 0.6) is 46.0 Å². The number of ether oxygens (including phenoxy) is 6. The largest absolute Gasteiger partial charge is 0.493 e. The number of methoxy groups -OCH3 is 3. The first kappa shape index (κ1) is 38.4. The maximum Gasteiger partial charge on any atom is 0.204 e. The van der Waals surface area contributed by atoms with E-state index < -0.39 is 6.10 Å². The first-order valence-electron chi connectivity index (χ1n) is 19.9. The lowest BCUT2D eigenvalue weighted by molar-refractivity contribution is 0.0236. The summed E-state index contributed by atoms with van der Waals surface area (Å²) in [5.74, 6) is 4.84. The predicted octanol–water partition coefficient (Wildman–Crippen LogP) is 6.35. The number of likely N-dealkylation sites (tertiary alicyclic amines) is 1. The zero-order chi connectivity index (χ0) is 38.9. The van der Waals surface area contributed by atoms with Crippen molar-refractivity contribution in [3.8, 4) is 46.0 Å². The fourth-order valence-corrected chi connectivity index (χ4v) is 8.95. The van der Waals surface area contributed by atoms with Crippen LogP contribution in [0, 0.1) is 0 Å². The summed E-state index contributed by atoms with van der Waals surface area (Å²) >= 11 is 0. The summed E-state index contributed by atoms with van der Waals surface area (Å²) in [7, 11) is 9.33. The van der Waals surface area contributed by atoms with Crippen LogP contribution in [-0.4, -0.2) is 112 Å². The molecule has 6 bridgehead atoms. The fraction of sp³-hybridized carbons (Fsp3) is 0.467. The van der Waals surface area contributed by atoms with Crippen molar-refractivity contribution in [1.82, 2.24) is 14.7 Å². The highest BCUT2D eigenvalue weighted by Gasteiger charge is 2.35. The monoisotopic (exact) mass is 765 g/mol. The van der Waals surface area contributed by atoms with Crippen molar-refractivity contribution in [2.24, 2.45) is 0 Å². The van der Waals surface area contributed by atoms with Crippen molar-refractivity contribution in [3.63, 3.8) is 0 Å². The number of likely N-dealkylation sites (N-methyl/N-ethyl adjacent to an activating group) is 2. The molecule has 11 nitrogen and oxygen atoms in total. The van der Waals surface area contributed by atoms with Crippen LogP contribution in [-0.2, 0) is 25.7 Å². The molecule has 0 radical (unpaired) electrons. The van der Waals surface area contributed by atoms with E-state index >= 15 is 0 Å². The second kappa shape index (κ2) is 16.5. The van der Waals surface area contributed by atoms with Gasteiger partial charge in [-0.2, -0.15) is 0 Å². The van der Waals surface area contributed by atoms with Crippen molar-refractivity contribution in [2.75, 3.05) is 74.8 Å². The van der Waals surface area contributed by atoms with E-state index in [9.17, 15) is 10.2 Å². The second-order valence-electron chi connectivity index (χ2n) is 15.8. The van der Waals surface area contributed by atoms with E-state index in [-0.39, 0.29) is 24.8 Å². The predicted molar refractivity (Wildman–Crippen MR) is 214 cm³/mol. The van der Waals surface area contributed by atoms with Gasteiger partial charge in [0.1, 0.15) is 18.5 Å². The summed E-state index contributed by atoms with van der Waals surface area (Å²) in [5, 5.41) is 21.6. The molecule has 4 atom stereocenters. The van der Waals surface area contributed by atoms with Gasteiger partial charge in [-0.05, 0) is 129 Å². The molecule has 0 aliphatic carbocycles. The lowest BCUT2D eigenvalue weighted by atomic mass is 9.87. The van der Waals surface area contributed by atoms with E-state index in [0.717, 1.165) is 74.2 Å². The van der Waals surface area contributed by atoms with E-state index in [2.05, 4.69) is 71.3 Å². The number of piperidine rings is 1. The topological polar surface area (TPSA) is 106 Å². The van der Waals surface area contributed by atoms with Crippen LogP contribution in [0.4, 0.5) is 0 Å². The number of fused-ring (bicyclic) bond motifs is 2. The zero-order valence-corrected chi connectivity index (χ0v) is 33.3. The van der Waals surface area contributed by atoms with Crippen molar-refractivity contribution in [2.45, 2.75) is 62.8 Å². The van der Waals surface area contributed by atoms with E-state index in [1.54, 1.807) is 21.3 Å². The molecule has 0 spiro atoms. The number of aliphatic hydroxyl groups excluding tert-OH is 2.